The number of amides is 2. The molecular formula is C17H30N2O3. The normalized spacial score (nSPS) is 23.0. The van der Waals surface area contributed by atoms with Crippen molar-refractivity contribution in [3.05, 3.63) is 0 Å². The molecule has 0 aromatic heterocycles. The fourth-order valence-electron chi connectivity index (χ4n) is 3.51. The lowest BCUT2D eigenvalue weighted by Gasteiger charge is -2.30. The Morgan fingerprint density at radius 2 is 1.82 bits per heavy atom. The first-order valence-corrected chi connectivity index (χ1v) is 8.82. The summed E-state index contributed by atoms with van der Waals surface area (Å²) >= 11 is 0. The van der Waals surface area contributed by atoms with Gasteiger partial charge < -0.3 is 15.0 Å². The molecule has 0 aromatic rings. The zero-order valence-corrected chi connectivity index (χ0v) is 13.8. The van der Waals surface area contributed by atoms with E-state index in [-0.39, 0.29) is 17.9 Å². The topological polar surface area (TPSA) is 58.6 Å². The second-order valence-electron chi connectivity index (χ2n) is 6.55. The molecule has 0 radical (unpaired) electrons. The van der Waals surface area contributed by atoms with Crippen molar-refractivity contribution in [1.29, 1.82) is 0 Å². The van der Waals surface area contributed by atoms with Gasteiger partial charge in [-0.05, 0) is 25.7 Å². The molecule has 0 bridgehead atoms. The third-order valence-corrected chi connectivity index (χ3v) is 4.80. The third kappa shape index (κ3) is 5.59. The van der Waals surface area contributed by atoms with Crippen molar-refractivity contribution in [2.75, 3.05) is 19.7 Å². The van der Waals surface area contributed by atoms with Gasteiger partial charge in [-0.3, -0.25) is 9.59 Å². The van der Waals surface area contributed by atoms with Crippen LogP contribution in [0.15, 0.2) is 0 Å². The van der Waals surface area contributed by atoms with E-state index >= 15 is 0 Å². The van der Waals surface area contributed by atoms with Gasteiger partial charge in [-0.1, -0.05) is 25.7 Å². The molecule has 1 aliphatic carbocycles. The predicted molar refractivity (Wildman–Crippen MR) is 85.5 cm³/mol. The molecule has 22 heavy (non-hydrogen) atoms. The van der Waals surface area contributed by atoms with Crippen molar-refractivity contribution >= 4 is 11.8 Å². The number of hydrogen-bond donors (Lipinski definition) is 1. The predicted octanol–water partition coefficient (Wildman–Crippen LogP) is 2.24. The third-order valence-electron chi connectivity index (χ3n) is 4.80. The second-order valence-corrected chi connectivity index (χ2v) is 6.55. The summed E-state index contributed by atoms with van der Waals surface area (Å²) in [5.74, 6) is 0.120. The lowest BCUT2D eigenvalue weighted by Crippen LogP contribution is -2.41. The van der Waals surface area contributed by atoms with Crippen LogP contribution in [0.1, 0.15) is 64.7 Å². The zero-order valence-electron chi connectivity index (χ0n) is 13.8. The van der Waals surface area contributed by atoms with Gasteiger partial charge in [0, 0.05) is 39.1 Å². The Morgan fingerprint density at radius 3 is 2.41 bits per heavy atom. The lowest BCUT2D eigenvalue weighted by molar-refractivity contribution is -0.132. The number of nitrogens with zero attached hydrogens (tertiary/aromatic N) is 1. The Balaban J connectivity index is 1.72. The van der Waals surface area contributed by atoms with E-state index in [0.717, 1.165) is 32.3 Å². The molecule has 1 aliphatic heterocycles. The lowest BCUT2D eigenvalue weighted by atomic mass is 10.1. The Morgan fingerprint density at radius 1 is 1.09 bits per heavy atom. The number of carbonyl (C=O) groups excluding carboxylic acids is 2. The first-order valence-electron chi connectivity index (χ1n) is 8.82. The van der Waals surface area contributed by atoms with E-state index in [9.17, 15) is 9.59 Å². The van der Waals surface area contributed by atoms with Gasteiger partial charge in [0.25, 0.3) is 0 Å². The molecule has 1 saturated carbocycles. The van der Waals surface area contributed by atoms with Gasteiger partial charge in [0.15, 0.2) is 0 Å². The minimum absolute atomic E-state index is 0.0235. The van der Waals surface area contributed by atoms with Crippen molar-refractivity contribution in [3.63, 3.8) is 0 Å². The van der Waals surface area contributed by atoms with E-state index < -0.39 is 0 Å². The maximum absolute atomic E-state index is 12.0. The van der Waals surface area contributed by atoms with Crippen LogP contribution in [0.2, 0.25) is 0 Å². The summed E-state index contributed by atoms with van der Waals surface area (Å²) in [5, 5.41) is 2.93. The van der Waals surface area contributed by atoms with Crippen LogP contribution in [0.4, 0.5) is 0 Å². The van der Waals surface area contributed by atoms with Crippen molar-refractivity contribution in [2.45, 2.75) is 76.9 Å². The van der Waals surface area contributed by atoms with E-state index in [1.807, 2.05) is 4.90 Å². The molecule has 1 unspecified atom stereocenters. The Bertz CT molecular complexity index is 359. The molecule has 5 nitrogen and oxygen atoms in total. The zero-order chi connectivity index (χ0) is 15.8. The van der Waals surface area contributed by atoms with Crippen LogP contribution in [0.3, 0.4) is 0 Å². The van der Waals surface area contributed by atoms with Gasteiger partial charge in [-0.2, -0.15) is 0 Å². The van der Waals surface area contributed by atoms with Crippen molar-refractivity contribution in [1.82, 2.24) is 10.2 Å². The molecule has 126 valence electrons. The molecule has 2 amide bonds. The highest BCUT2D eigenvalue weighted by molar-refractivity contribution is 5.78. The molecule has 1 atom stereocenters. The van der Waals surface area contributed by atoms with Gasteiger partial charge >= 0.3 is 0 Å². The van der Waals surface area contributed by atoms with Gasteiger partial charge in [0.1, 0.15) is 0 Å². The maximum atomic E-state index is 12.0. The van der Waals surface area contributed by atoms with Crippen molar-refractivity contribution in [3.8, 4) is 0 Å². The largest absolute Gasteiger partial charge is 0.376 e. The van der Waals surface area contributed by atoms with Gasteiger partial charge in [0.05, 0.1) is 6.10 Å². The van der Waals surface area contributed by atoms with E-state index in [0.29, 0.717) is 25.6 Å². The summed E-state index contributed by atoms with van der Waals surface area (Å²) < 4.78 is 5.50. The fraction of sp³-hybridized carbons (Fsp3) is 0.882. The molecule has 0 aromatic carbocycles. The Hall–Kier alpha value is -1.10. The average molecular weight is 310 g/mol. The maximum Gasteiger partial charge on any atom is 0.221 e. The molecule has 2 rings (SSSR count). The summed E-state index contributed by atoms with van der Waals surface area (Å²) in [6.07, 6.45) is 9.77. The van der Waals surface area contributed by atoms with Crippen LogP contribution in [-0.4, -0.2) is 48.6 Å². The van der Waals surface area contributed by atoms with Crippen LogP contribution >= 0.6 is 0 Å². The molecular weight excluding hydrogens is 280 g/mol. The summed E-state index contributed by atoms with van der Waals surface area (Å²) in [7, 11) is 0. The van der Waals surface area contributed by atoms with Crippen molar-refractivity contribution < 1.29 is 14.3 Å². The van der Waals surface area contributed by atoms with Gasteiger partial charge in [-0.25, -0.2) is 0 Å². The summed E-state index contributed by atoms with van der Waals surface area (Å²) in [4.78, 5) is 25.8. The monoisotopic (exact) mass is 310 g/mol. The van der Waals surface area contributed by atoms with E-state index in [1.54, 1.807) is 6.92 Å². The smallest absolute Gasteiger partial charge is 0.221 e. The Labute approximate surface area is 133 Å². The standard InChI is InChI=1S/C17H30N2O3/c1-14(20)19(15-7-4-2-3-5-8-15)11-10-17(21)18-13-16-9-6-12-22-16/h15-16H,2-13H2,1H3,(H,18,21). The summed E-state index contributed by atoms with van der Waals surface area (Å²) in [6.45, 7) is 3.56. The highest BCUT2D eigenvalue weighted by atomic mass is 16.5. The highest BCUT2D eigenvalue weighted by Gasteiger charge is 2.23. The quantitative estimate of drug-likeness (QED) is 0.766. The number of rotatable bonds is 6. The number of ether oxygens (including phenoxy) is 1. The fourth-order valence-corrected chi connectivity index (χ4v) is 3.51. The van der Waals surface area contributed by atoms with Crippen LogP contribution in [0, 0.1) is 0 Å². The van der Waals surface area contributed by atoms with Gasteiger partial charge in [0.2, 0.25) is 11.8 Å². The van der Waals surface area contributed by atoms with E-state index in [2.05, 4.69) is 5.32 Å². The first-order chi connectivity index (χ1) is 10.7. The summed E-state index contributed by atoms with van der Waals surface area (Å²) in [5.41, 5.74) is 0. The minimum atomic E-state index is 0.0235. The SMILES string of the molecule is CC(=O)N(CCC(=O)NCC1CCCO1)C1CCCCCC1. The molecule has 1 N–H and O–H groups in total. The minimum Gasteiger partial charge on any atom is -0.376 e. The first kappa shape index (κ1) is 17.3. The molecule has 0 spiro atoms. The highest BCUT2D eigenvalue weighted by Crippen LogP contribution is 2.22. The van der Waals surface area contributed by atoms with E-state index in [1.165, 1.54) is 25.7 Å². The molecule has 1 heterocycles. The van der Waals surface area contributed by atoms with Crippen LogP contribution in [-0.2, 0) is 14.3 Å². The average Bonchev–Trinajstić information content (AvgIpc) is 2.87. The van der Waals surface area contributed by atoms with Crippen LogP contribution < -0.4 is 5.32 Å². The number of nitrogens with one attached hydrogen (secondary N) is 1. The molecule has 2 aliphatic rings. The molecule has 2 fully saturated rings. The van der Waals surface area contributed by atoms with Crippen LogP contribution in [0.5, 0.6) is 0 Å². The number of hydrogen-bond acceptors (Lipinski definition) is 3. The van der Waals surface area contributed by atoms with Crippen molar-refractivity contribution in [2.24, 2.45) is 0 Å². The second kappa shape index (κ2) is 9.13. The molecule has 1 saturated heterocycles. The van der Waals surface area contributed by atoms with Gasteiger partial charge in [-0.15, -0.1) is 0 Å². The Kier molecular flexibility index (Phi) is 7.16. The summed E-state index contributed by atoms with van der Waals surface area (Å²) in [6, 6.07) is 0.325. The molecule has 5 heteroatoms. The number of carbonyl (C=O) groups is 2. The van der Waals surface area contributed by atoms with E-state index in [4.69, 9.17) is 4.74 Å². The van der Waals surface area contributed by atoms with Crippen LogP contribution in [0.25, 0.3) is 0 Å².